The van der Waals surface area contributed by atoms with E-state index in [-0.39, 0.29) is 6.42 Å². The Morgan fingerprint density at radius 2 is 1.59 bits per heavy atom. The third-order valence-corrected chi connectivity index (χ3v) is 3.51. The van der Waals surface area contributed by atoms with Crippen LogP contribution >= 0.6 is 0 Å². The molecule has 4 heteroatoms. The second-order valence-electron chi connectivity index (χ2n) is 5.19. The second-order valence-corrected chi connectivity index (χ2v) is 5.19. The zero-order valence-electron chi connectivity index (χ0n) is 12.4. The normalized spacial score (nSPS) is 12.0. The molecular weight excluding hydrogens is 278 g/mol. The molecule has 0 spiro atoms. The van der Waals surface area contributed by atoms with Crippen LogP contribution in [0, 0.1) is 0 Å². The van der Waals surface area contributed by atoms with Gasteiger partial charge < -0.3 is 15.5 Å². The Balaban J connectivity index is 1.83. The maximum absolute atomic E-state index is 10.4. The van der Waals surface area contributed by atoms with Crippen molar-refractivity contribution in [1.29, 1.82) is 0 Å². The summed E-state index contributed by atoms with van der Waals surface area (Å²) in [5.41, 5.74) is 3.15. The van der Waals surface area contributed by atoms with E-state index in [1.54, 1.807) is 0 Å². The SMILES string of the molecule is O=C(O)CCNCCC(O)c1ccc(-c2ccccc2)cc1. The van der Waals surface area contributed by atoms with Gasteiger partial charge in [-0.2, -0.15) is 0 Å². The van der Waals surface area contributed by atoms with Gasteiger partial charge in [0.15, 0.2) is 0 Å². The van der Waals surface area contributed by atoms with Gasteiger partial charge in [0.2, 0.25) is 0 Å². The summed E-state index contributed by atoms with van der Waals surface area (Å²) in [6.45, 7) is 1.02. The van der Waals surface area contributed by atoms with Crippen LogP contribution in [0.5, 0.6) is 0 Å². The fourth-order valence-corrected chi connectivity index (χ4v) is 2.25. The minimum Gasteiger partial charge on any atom is -0.481 e. The van der Waals surface area contributed by atoms with Crippen molar-refractivity contribution in [2.45, 2.75) is 18.9 Å². The summed E-state index contributed by atoms with van der Waals surface area (Å²) >= 11 is 0. The van der Waals surface area contributed by atoms with Crippen molar-refractivity contribution in [3.63, 3.8) is 0 Å². The van der Waals surface area contributed by atoms with Crippen molar-refractivity contribution in [2.24, 2.45) is 0 Å². The van der Waals surface area contributed by atoms with Crippen LogP contribution in [0.1, 0.15) is 24.5 Å². The standard InChI is InChI=1S/C18H21NO3/c20-17(10-12-19-13-11-18(21)22)16-8-6-15(7-9-16)14-4-2-1-3-5-14/h1-9,17,19-20H,10-13H2,(H,21,22). The van der Waals surface area contributed by atoms with Gasteiger partial charge in [-0.1, -0.05) is 54.6 Å². The predicted octanol–water partition coefficient (Wildman–Crippen LogP) is 2.84. The lowest BCUT2D eigenvalue weighted by molar-refractivity contribution is -0.136. The fraction of sp³-hybridized carbons (Fsp3) is 0.278. The first-order valence-electron chi connectivity index (χ1n) is 7.43. The first-order chi connectivity index (χ1) is 10.7. The van der Waals surface area contributed by atoms with Crippen LogP contribution in [0.3, 0.4) is 0 Å². The molecule has 0 radical (unpaired) electrons. The molecule has 0 bridgehead atoms. The van der Waals surface area contributed by atoms with E-state index in [9.17, 15) is 9.90 Å². The highest BCUT2D eigenvalue weighted by Crippen LogP contribution is 2.22. The van der Waals surface area contributed by atoms with Gasteiger partial charge in [-0.3, -0.25) is 4.79 Å². The molecule has 1 atom stereocenters. The van der Waals surface area contributed by atoms with Gasteiger partial charge in [0.1, 0.15) is 0 Å². The molecule has 3 N–H and O–H groups in total. The van der Waals surface area contributed by atoms with Crippen LogP contribution in [-0.2, 0) is 4.79 Å². The number of rotatable bonds is 8. The molecule has 0 aliphatic rings. The number of aliphatic carboxylic acids is 1. The molecule has 0 saturated heterocycles. The number of carbonyl (C=O) groups is 1. The van der Waals surface area contributed by atoms with E-state index >= 15 is 0 Å². The summed E-state index contributed by atoms with van der Waals surface area (Å²) in [6, 6.07) is 18.0. The molecule has 2 rings (SSSR count). The van der Waals surface area contributed by atoms with Gasteiger partial charge in [-0.05, 0) is 29.7 Å². The lowest BCUT2D eigenvalue weighted by Gasteiger charge is -2.12. The smallest absolute Gasteiger partial charge is 0.304 e. The third kappa shape index (κ3) is 4.98. The summed E-state index contributed by atoms with van der Waals surface area (Å²) < 4.78 is 0. The number of carboxylic acid groups (broad SMARTS) is 1. The second kappa shape index (κ2) is 8.32. The molecule has 2 aromatic carbocycles. The van der Waals surface area contributed by atoms with Gasteiger partial charge in [0.25, 0.3) is 0 Å². The van der Waals surface area contributed by atoms with Crippen LogP contribution in [0.4, 0.5) is 0 Å². The maximum Gasteiger partial charge on any atom is 0.304 e. The first kappa shape index (κ1) is 16.2. The zero-order chi connectivity index (χ0) is 15.8. The molecule has 1 unspecified atom stereocenters. The molecule has 0 amide bonds. The monoisotopic (exact) mass is 299 g/mol. The van der Waals surface area contributed by atoms with Gasteiger partial charge in [-0.15, -0.1) is 0 Å². The van der Waals surface area contributed by atoms with Crippen molar-refractivity contribution >= 4 is 5.97 Å². The minimum absolute atomic E-state index is 0.0991. The van der Waals surface area contributed by atoms with E-state index in [1.165, 1.54) is 0 Å². The van der Waals surface area contributed by atoms with Crippen LogP contribution in [0.2, 0.25) is 0 Å². The summed E-state index contributed by atoms with van der Waals surface area (Å²) in [7, 11) is 0. The number of benzene rings is 2. The third-order valence-electron chi connectivity index (χ3n) is 3.51. The van der Waals surface area contributed by atoms with E-state index < -0.39 is 12.1 Å². The molecule has 0 aliphatic carbocycles. The highest BCUT2D eigenvalue weighted by Gasteiger charge is 2.07. The van der Waals surface area contributed by atoms with Crippen LogP contribution in [0.15, 0.2) is 54.6 Å². The quantitative estimate of drug-likeness (QED) is 0.656. The zero-order valence-corrected chi connectivity index (χ0v) is 12.4. The predicted molar refractivity (Wildman–Crippen MR) is 86.6 cm³/mol. The fourth-order valence-electron chi connectivity index (χ4n) is 2.25. The Morgan fingerprint density at radius 3 is 2.23 bits per heavy atom. The number of aliphatic hydroxyl groups excluding tert-OH is 1. The van der Waals surface area contributed by atoms with E-state index in [0.29, 0.717) is 19.5 Å². The molecule has 116 valence electrons. The van der Waals surface area contributed by atoms with Crippen molar-refractivity contribution in [3.8, 4) is 11.1 Å². The number of hydrogen-bond acceptors (Lipinski definition) is 3. The topological polar surface area (TPSA) is 69.6 Å². The molecule has 0 saturated carbocycles. The summed E-state index contributed by atoms with van der Waals surface area (Å²) in [6.07, 6.45) is 0.119. The minimum atomic E-state index is -0.815. The molecule has 2 aromatic rings. The van der Waals surface area contributed by atoms with Crippen molar-refractivity contribution in [2.75, 3.05) is 13.1 Å². The highest BCUT2D eigenvalue weighted by molar-refractivity contribution is 5.66. The number of carboxylic acids is 1. The Labute approximate surface area is 130 Å². The van der Waals surface area contributed by atoms with Crippen LogP contribution in [-0.4, -0.2) is 29.3 Å². The van der Waals surface area contributed by atoms with Crippen molar-refractivity contribution < 1.29 is 15.0 Å². The Kier molecular flexibility index (Phi) is 6.13. The lowest BCUT2D eigenvalue weighted by atomic mass is 10.0. The van der Waals surface area contributed by atoms with E-state index in [1.807, 2.05) is 42.5 Å². The van der Waals surface area contributed by atoms with E-state index in [2.05, 4.69) is 17.4 Å². The van der Waals surface area contributed by atoms with Crippen molar-refractivity contribution in [3.05, 3.63) is 60.2 Å². The van der Waals surface area contributed by atoms with Gasteiger partial charge in [0, 0.05) is 6.54 Å². The average molecular weight is 299 g/mol. The summed E-state index contributed by atoms with van der Waals surface area (Å²) in [4.78, 5) is 10.4. The lowest BCUT2D eigenvalue weighted by Crippen LogP contribution is -2.20. The molecule has 22 heavy (non-hydrogen) atoms. The molecule has 0 aliphatic heterocycles. The van der Waals surface area contributed by atoms with Gasteiger partial charge in [0.05, 0.1) is 12.5 Å². The largest absolute Gasteiger partial charge is 0.481 e. The average Bonchev–Trinajstić information content (AvgIpc) is 2.55. The van der Waals surface area contributed by atoms with Gasteiger partial charge in [-0.25, -0.2) is 0 Å². The van der Waals surface area contributed by atoms with E-state index in [4.69, 9.17) is 5.11 Å². The highest BCUT2D eigenvalue weighted by atomic mass is 16.4. The molecule has 0 aromatic heterocycles. The van der Waals surface area contributed by atoms with E-state index in [0.717, 1.165) is 16.7 Å². The van der Waals surface area contributed by atoms with Crippen molar-refractivity contribution in [1.82, 2.24) is 5.32 Å². The number of hydrogen-bond donors (Lipinski definition) is 3. The summed E-state index contributed by atoms with van der Waals surface area (Å²) in [5, 5.41) is 21.7. The maximum atomic E-state index is 10.4. The number of aliphatic hydroxyl groups is 1. The molecular formula is C18H21NO3. The van der Waals surface area contributed by atoms with Crippen LogP contribution < -0.4 is 5.32 Å². The summed E-state index contributed by atoms with van der Waals surface area (Å²) in [5.74, 6) is -0.815. The van der Waals surface area contributed by atoms with Crippen LogP contribution in [0.25, 0.3) is 11.1 Å². The van der Waals surface area contributed by atoms with Gasteiger partial charge >= 0.3 is 5.97 Å². The number of nitrogens with one attached hydrogen (secondary N) is 1. The Bertz CT molecular complexity index is 581. The molecule has 4 nitrogen and oxygen atoms in total. The molecule has 0 heterocycles. The molecule has 0 fully saturated rings. The first-order valence-corrected chi connectivity index (χ1v) is 7.43. The Morgan fingerprint density at radius 1 is 0.955 bits per heavy atom. The Hall–Kier alpha value is -2.17.